The number of ether oxygens (including phenoxy) is 13. The van der Waals surface area contributed by atoms with Crippen LogP contribution in [-0.4, -0.2) is 223 Å². The van der Waals surface area contributed by atoms with Gasteiger partial charge in [0.15, 0.2) is 42.8 Å². The minimum Gasteiger partial charge on any atom is -0.507 e. The van der Waals surface area contributed by atoms with E-state index in [1.165, 1.54) is 60.8 Å². The molecule has 5 saturated heterocycles. The summed E-state index contributed by atoms with van der Waals surface area (Å²) in [5, 5.41) is 99.7. The summed E-state index contributed by atoms with van der Waals surface area (Å²) in [5.74, 6) is -5.43. The van der Waals surface area contributed by atoms with E-state index in [1.807, 2.05) is 0 Å². The summed E-state index contributed by atoms with van der Waals surface area (Å²) < 4.78 is 78.3. The normalized spacial score (nSPS) is 40.1. The average Bonchev–Trinajstić information content (AvgIpc) is 2.55. The van der Waals surface area contributed by atoms with Crippen LogP contribution in [0.3, 0.4) is 0 Å². The molecule has 460 valence electrons. The van der Waals surface area contributed by atoms with Gasteiger partial charge in [-0.2, -0.15) is 0 Å². The number of esters is 2. The van der Waals surface area contributed by atoms with Crippen molar-refractivity contribution < 1.29 is 127 Å². The largest absolute Gasteiger partial charge is 0.507 e. The SMILES string of the molecule is CO[C@H](C(=O)[C@@H](O)[C@@H](C)O)[C@@H]1Cc2cc3cc(OC4CC(OC(C)=O)C(OC5CC(O)C(O)C(C)O5)C(C)O4)c(C)c(O)c3c(O)c2C(=O)[C@H]1OC1CC(OC2CC(OC3CC(C)(O)C(OC(C)=O)C(C)O3)C(O)C(C)O2)C(O)C(C)O1. The quantitative estimate of drug-likeness (QED) is 0.0993. The van der Waals surface area contributed by atoms with Crippen LogP contribution >= 0.6 is 0 Å². The minimum absolute atomic E-state index is 0.0626. The molecule has 26 nitrogen and oxygen atoms in total. The summed E-state index contributed by atoms with van der Waals surface area (Å²) in [4.78, 5) is 53.2. The molecule has 1 aliphatic carbocycles. The number of rotatable bonds is 17. The van der Waals surface area contributed by atoms with Crippen LogP contribution in [0.4, 0.5) is 0 Å². The Hall–Kier alpha value is -4.30. The lowest BCUT2D eigenvalue weighted by molar-refractivity contribution is -0.334. The molecular weight excluding hydrogens is 1090 g/mol. The Morgan fingerprint density at radius 1 is 0.683 bits per heavy atom. The van der Waals surface area contributed by atoms with Gasteiger partial charge in [0.05, 0.1) is 65.9 Å². The molecule has 5 aliphatic heterocycles. The smallest absolute Gasteiger partial charge is 0.303 e. The number of fused-ring (bicyclic) bond motifs is 2. The first kappa shape index (κ1) is 63.7. The fourth-order valence-electron chi connectivity index (χ4n) is 12.1. The van der Waals surface area contributed by atoms with E-state index >= 15 is 4.79 Å². The van der Waals surface area contributed by atoms with Gasteiger partial charge in [-0.15, -0.1) is 0 Å². The number of carbonyl (C=O) groups excluding carboxylic acids is 4. The van der Waals surface area contributed by atoms with Crippen molar-refractivity contribution in [1.29, 1.82) is 0 Å². The molecule has 6 aliphatic rings. The minimum atomic E-state index is -1.97. The van der Waals surface area contributed by atoms with Crippen molar-refractivity contribution in [3.8, 4) is 17.2 Å². The molecule has 0 amide bonds. The van der Waals surface area contributed by atoms with Crippen molar-refractivity contribution in [3.63, 3.8) is 0 Å². The molecule has 5 fully saturated rings. The van der Waals surface area contributed by atoms with Gasteiger partial charge in [0.25, 0.3) is 0 Å². The number of aromatic hydroxyl groups is 2. The molecule has 8 rings (SSSR count). The molecule has 0 bridgehead atoms. The third-order valence-electron chi connectivity index (χ3n) is 16.4. The Bertz CT molecular complexity index is 2600. The number of phenolic OH excluding ortho intramolecular Hbond substituents is 2. The molecule has 0 spiro atoms. The van der Waals surface area contributed by atoms with Crippen molar-refractivity contribution in [1.82, 2.24) is 0 Å². The van der Waals surface area contributed by atoms with Gasteiger partial charge in [-0.3, -0.25) is 19.2 Å². The fourth-order valence-corrected chi connectivity index (χ4v) is 12.1. The highest BCUT2D eigenvalue weighted by Gasteiger charge is 2.52. The molecule has 2 aromatic carbocycles. The Balaban J connectivity index is 1.03. The van der Waals surface area contributed by atoms with E-state index in [9.17, 15) is 60.3 Å². The van der Waals surface area contributed by atoms with Gasteiger partial charge in [0, 0.05) is 64.5 Å². The number of aliphatic hydroxyl groups excluding tert-OH is 6. The molecule has 25 atom stereocenters. The maximum atomic E-state index is 15.1. The molecule has 0 radical (unpaired) electrons. The monoisotopic (exact) mass is 1170 g/mol. The van der Waals surface area contributed by atoms with E-state index in [1.54, 1.807) is 27.7 Å². The third kappa shape index (κ3) is 13.5. The number of phenols is 2. The number of methoxy groups -OCH3 is 1. The van der Waals surface area contributed by atoms with Crippen LogP contribution in [0.25, 0.3) is 10.8 Å². The Morgan fingerprint density at radius 3 is 1.78 bits per heavy atom. The Morgan fingerprint density at radius 2 is 1.22 bits per heavy atom. The predicted molar refractivity (Wildman–Crippen MR) is 278 cm³/mol. The highest BCUT2D eigenvalue weighted by atomic mass is 16.7. The van der Waals surface area contributed by atoms with Gasteiger partial charge in [-0.05, 0) is 84.9 Å². The van der Waals surface area contributed by atoms with Gasteiger partial charge in [-0.25, -0.2) is 0 Å². The van der Waals surface area contributed by atoms with Crippen molar-refractivity contribution in [2.24, 2.45) is 5.92 Å². The number of hydrogen-bond donors (Lipinski definition) is 9. The zero-order chi connectivity index (χ0) is 60.1. The lowest BCUT2D eigenvalue weighted by atomic mass is 9.75. The fraction of sp³-hybridized carbons (Fsp3) is 0.750. The standard InChI is InChI=1S/C56H80O26/c1-20-33(78-39-18-36(76-27(8)58)52(25(6)74-39)81-37-15-32(60)46(63)22(3)71-37)14-30-12-29-13-31(53(70-11)51(68)45(62)21(2)57)54(50(67)43(29)49(66)42(30)44(20)61)82-40-17-34(47(64)24(5)73-40)79-38-16-35(48(65)23(4)72-38)80-41-19-56(10,69)55(26(7)75-41)77-28(9)59/h12,14,21-26,31-32,34-41,45-48,52-55,57,60-66,69H,13,15-19H2,1-11H3/t21-,22?,23?,24?,25?,26?,31+,32?,34?,35?,36?,37?,38?,39?,40?,41?,45+,46?,47?,48?,52?,53+,54+,55?,56?/m1/s1. The van der Waals surface area contributed by atoms with E-state index in [0.29, 0.717) is 0 Å². The van der Waals surface area contributed by atoms with Crippen LogP contribution < -0.4 is 4.74 Å². The van der Waals surface area contributed by atoms with E-state index in [0.717, 1.165) is 0 Å². The van der Waals surface area contributed by atoms with Crippen LogP contribution in [0.1, 0.15) is 116 Å². The molecule has 26 heteroatoms. The number of carbonyl (C=O) groups is 4. The second-order valence-electron chi connectivity index (χ2n) is 22.9. The summed E-state index contributed by atoms with van der Waals surface area (Å²) in [6.07, 6.45) is -27.2. The van der Waals surface area contributed by atoms with Crippen LogP contribution in [0.2, 0.25) is 0 Å². The summed E-state index contributed by atoms with van der Waals surface area (Å²) in [6, 6.07) is 3.00. The highest BCUT2D eigenvalue weighted by Crippen LogP contribution is 2.48. The topological polar surface area (TPSA) is 370 Å². The lowest BCUT2D eigenvalue weighted by Crippen LogP contribution is -2.59. The second kappa shape index (κ2) is 25.7. The van der Waals surface area contributed by atoms with Gasteiger partial charge < -0.3 is 108 Å². The molecule has 82 heavy (non-hydrogen) atoms. The summed E-state index contributed by atoms with van der Waals surface area (Å²) >= 11 is 0. The number of benzene rings is 2. The number of hydrogen-bond acceptors (Lipinski definition) is 26. The molecule has 5 heterocycles. The van der Waals surface area contributed by atoms with E-state index in [4.69, 9.17) is 61.6 Å². The number of aliphatic hydroxyl groups is 7. The Labute approximate surface area is 473 Å². The predicted octanol–water partition coefficient (Wildman–Crippen LogP) is 0.892. The molecular formula is C56H80O26. The zero-order valence-corrected chi connectivity index (χ0v) is 47.7. The molecule has 20 unspecified atom stereocenters. The van der Waals surface area contributed by atoms with E-state index < -0.39 is 188 Å². The summed E-state index contributed by atoms with van der Waals surface area (Å²) in [6.45, 7) is 14.6. The van der Waals surface area contributed by atoms with Gasteiger partial charge in [-0.1, -0.05) is 0 Å². The molecule has 2 aromatic rings. The maximum Gasteiger partial charge on any atom is 0.303 e. The van der Waals surface area contributed by atoms with Crippen molar-refractivity contribution in [2.75, 3.05) is 7.11 Å². The first-order valence-corrected chi connectivity index (χ1v) is 27.8. The second-order valence-corrected chi connectivity index (χ2v) is 22.9. The van der Waals surface area contributed by atoms with E-state index in [-0.39, 0.29) is 71.7 Å². The summed E-state index contributed by atoms with van der Waals surface area (Å²) in [7, 11) is 1.17. The molecule has 9 N–H and O–H groups in total. The van der Waals surface area contributed by atoms with Gasteiger partial charge in [0.2, 0.25) is 6.29 Å². The molecule has 0 saturated carbocycles. The first-order chi connectivity index (χ1) is 38.5. The maximum absolute atomic E-state index is 15.1. The highest BCUT2D eigenvalue weighted by molar-refractivity contribution is 6.11. The zero-order valence-electron chi connectivity index (χ0n) is 47.7. The van der Waals surface area contributed by atoms with Crippen molar-refractivity contribution >= 4 is 34.3 Å². The Kier molecular flexibility index (Phi) is 20.0. The summed E-state index contributed by atoms with van der Waals surface area (Å²) in [5.41, 5.74) is -1.55. The van der Waals surface area contributed by atoms with Crippen LogP contribution in [0.5, 0.6) is 17.2 Å². The average molecular weight is 1170 g/mol. The van der Waals surface area contributed by atoms with Crippen molar-refractivity contribution in [3.05, 3.63) is 28.8 Å². The van der Waals surface area contributed by atoms with Gasteiger partial charge in [0.1, 0.15) is 71.7 Å². The molecule has 0 aromatic heterocycles. The number of ketones is 2. The van der Waals surface area contributed by atoms with Crippen molar-refractivity contribution in [2.45, 2.75) is 255 Å². The van der Waals surface area contributed by atoms with Gasteiger partial charge >= 0.3 is 11.9 Å². The van der Waals surface area contributed by atoms with Crippen LogP contribution in [0.15, 0.2) is 12.1 Å². The lowest BCUT2D eigenvalue weighted by Gasteiger charge is -2.46. The van der Waals surface area contributed by atoms with E-state index in [2.05, 4.69) is 0 Å². The van der Waals surface area contributed by atoms with Crippen LogP contribution in [-0.2, 0) is 77.6 Å². The van der Waals surface area contributed by atoms with Crippen LogP contribution in [0, 0.1) is 12.8 Å². The first-order valence-electron chi connectivity index (χ1n) is 27.8. The number of Topliss-reactive ketones (excluding diaryl/α,β-unsaturated/α-hetero) is 2. The third-order valence-corrected chi connectivity index (χ3v) is 16.4.